The lowest BCUT2D eigenvalue weighted by Gasteiger charge is -2.16. The van der Waals surface area contributed by atoms with Crippen molar-refractivity contribution in [3.8, 4) is 5.69 Å². The highest BCUT2D eigenvalue weighted by Gasteiger charge is 2.18. The molecule has 0 radical (unpaired) electrons. The smallest absolute Gasteiger partial charge is 0.162 e. The molecule has 3 aromatic heterocycles. The molecule has 3 heterocycles. The van der Waals surface area contributed by atoms with Crippen LogP contribution in [0.1, 0.15) is 30.0 Å². The summed E-state index contributed by atoms with van der Waals surface area (Å²) in [5.41, 5.74) is 4.27. The SMILES string of the molecule is CCc1ccccc1-n1nc(C)cc1NC(O)c1cnn2cccnc12. The average Bonchev–Trinajstić information content (AvgIpc) is 3.25. The van der Waals surface area contributed by atoms with E-state index in [1.54, 1.807) is 29.2 Å². The first-order chi connectivity index (χ1) is 12.7. The van der Waals surface area contributed by atoms with Crippen molar-refractivity contribution >= 4 is 11.5 Å². The molecule has 0 saturated carbocycles. The van der Waals surface area contributed by atoms with Crippen molar-refractivity contribution in [3.05, 3.63) is 71.8 Å². The molecule has 0 bridgehead atoms. The summed E-state index contributed by atoms with van der Waals surface area (Å²) in [5.74, 6) is 0.714. The maximum absolute atomic E-state index is 10.7. The fourth-order valence-electron chi connectivity index (χ4n) is 3.06. The number of benzene rings is 1. The summed E-state index contributed by atoms with van der Waals surface area (Å²) in [4.78, 5) is 4.30. The van der Waals surface area contributed by atoms with E-state index in [0.717, 1.165) is 17.8 Å². The highest BCUT2D eigenvalue weighted by atomic mass is 16.3. The van der Waals surface area contributed by atoms with Gasteiger partial charge in [0.1, 0.15) is 5.82 Å². The highest BCUT2D eigenvalue weighted by Crippen LogP contribution is 2.25. The Kier molecular flexibility index (Phi) is 4.14. The number of fused-ring (bicyclic) bond motifs is 1. The Hall–Kier alpha value is -3.19. The van der Waals surface area contributed by atoms with E-state index >= 15 is 0 Å². The van der Waals surface area contributed by atoms with Crippen molar-refractivity contribution in [2.75, 3.05) is 5.32 Å². The molecule has 0 fully saturated rings. The lowest BCUT2D eigenvalue weighted by Crippen LogP contribution is -2.14. The van der Waals surface area contributed by atoms with Gasteiger partial charge in [-0.2, -0.15) is 10.2 Å². The zero-order valence-electron chi connectivity index (χ0n) is 14.7. The number of hydrogen-bond acceptors (Lipinski definition) is 5. The third-order valence-electron chi connectivity index (χ3n) is 4.32. The molecule has 7 nitrogen and oxygen atoms in total. The van der Waals surface area contributed by atoms with Crippen LogP contribution < -0.4 is 5.32 Å². The van der Waals surface area contributed by atoms with E-state index < -0.39 is 6.23 Å². The Balaban J connectivity index is 1.71. The van der Waals surface area contributed by atoms with Gasteiger partial charge in [0.15, 0.2) is 11.9 Å². The molecule has 4 aromatic rings. The summed E-state index contributed by atoms with van der Waals surface area (Å²) in [7, 11) is 0. The summed E-state index contributed by atoms with van der Waals surface area (Å²) in [6, 6.07) is 11.8. The van der Waals surface area contributed by atoms with Gasteiger partial charge in [-0.3, -0.25) is 0 Å². The minimum absolute atomic E-state index is 0.611. The second-order valence-electron chi connectivity index (χ2n) is 6.10. The Bertz CT molecular complexity index is 1050. The van der Waals surface area contributed by atoms with E-state index in [-0.39, 0.29) is 0 Å². The monoisotopic (exact) mass is 348 g/mol. The number of aliphatic hydroxyl groups excluding tert-OH is 1. The minimum atomic E-state index is -0.953. The van der Waals surface area contributed by atoms with Crippen LogP contribution in [0.5, 0.6) is 0 Å². The molecule has 0 aliphatic heterocycles. The number of nitrogens with zero attached hydrogens (tertiary/aromatic N) is 5. The van der Waals surface area contributed by atoms with E-state index in [1.807, 2.05) is 35.9 Å². The van der Waals surface area contributed by atoms with Gasteiger partial charge in [-0.05, 0) is 31.0 Å². The van der Waals surface area contributed by atoms with Gasteiger partial charge in [0.2, 0.25) is 0 Å². The Morgan fingerprint density at radius 2 is 2.08 bits per heavy atom. The molecule has 7 heteroatoms. The number of aliphatic hydroxyl groups is 1. The summed E-state index contributed by atoms with van der Waals surface area (Å²) in [5, 5.41) is 22.7. The van der Waals surface area contributed by atoms with Crippen LogP contribution >= 0.6 is 0 Å². The number of nitrogens with one attached hydrogen (secondary N) is 1. The number of anilines is 1. The van der Waals surface area contributed by atoms with E-state index in [4.69, 9.17) is 0 Å². The van der Waals surface area contributed by atoms with Gasteiger partial charge >= 0.3 is 0 Å². The first kappa shape index (κ1) is 16.3. The van der Waals surface area contributed by atoms with E-state index in [9.17, 15) is 5.11 Å². The second-order valence-corrected chi connectivity index (χ2v) is 6.10. The van der Waals surface area contributed by atoms with Gasteiger partial charge < -0.3 is 10.4 Å². The molecule has 1 aromatic carbocycles. The minimum Gasteiger partial charge on any atom is -0.369 e. The van der Waals surface area contributed by atoms with E-state index in [2.05, 4.69) is 33.5 Å². The van der Waals surface area contributed by atoms with Crippen molar-refractivity contribution in [2.24, 2.45) is 0 Å². The molecule has 0 saturated heterocycles. The van der Waals surface area contributed by atoms with Gasteiger partial charge in [0.25, 0.3) is 0 Å². The topological polar surface area (TPSA) is 80.3 Å². The average molecular weight is 348 g/mol. The Morgan fingerprint density at radius 1 is 1.23 bits per heavy atom. The van der Waals surface area contributed by atoms with Crippen molar-refractivity contribution in [3.63, 3.8) is 0 Å². The standard InChI is InChI=1S/C19H20N6O/c1-3-14-7-4-5-8-16(14)25-17(11-13(2)23-25)22-19(26)15-12-21-24-10-6-9-20-18(15)24/h4-12,19,22,26H,3H2,1-2H3. The maximum atomic E-state index is 10.7. The number of aryl methyl sites for hydroxylation is 2. The van der Waals surface area contributed by atoms with Crippen LogP contribution in [0.2, 0.25) is 0 Å². The quantitative estimate of drug-likeness (QED) is 0.542. The fraction of sp³-hybridized carbons (Fsp3) is 0.211. The molecule has 1 unspecified atom stereocenters. The summed E-state index contributed by atoms with van der Waals surface area (Å²) in [6.45, 7) is 4.04. The van der Waals surface area contributed by atoms with E-state index in [0.29, 0.717) is 17.0 Å². The number of para-hydroxylation sites is 1. The third-order valence-corrected chi connectivity index (χ3v) is 4.32. The Labute approximate surface area is 150 Å². The molecule has 0 aliphatic rings. The summed E-state index contributed by atoms with van der Waals surface area (Å²) >= 11 is 0. The fourth-order valence-corrected chi connectivity index (χ4v) is 3.06. The zero-order valence-corrected chi connectivity index (χ0v) is 14.7. The lowest BCUT2D eigenvalue weighted by atomic mass is 10.1. The first-order valence-corrected chi connectivity index (χ1v) is 8.55. The van der Waals surface area contributed by atoms with E-state index in [1.165, 1.54) is 5.56 Å². The first-order valence-electron chi connectivity index (χ1n) is 8.55. The predicted molar refractivity (Wildman–Crippen MR) is 99.2 cm³/mol. The van der Waals surface area contributed by atoms with Crippen molar-refractivity contribution < 1.29 is 5.11 Å². The summed E-state index contributed by atoms with van der Waals surface area (Å²) < 4.78 is 3.46. The molecule has 26 heavy (non-hydrogen) atoms. The lowest BCUT2D eigenvalue weighted by molar-refractivity contribution is 0.208. The highest BCUT2D eigenvalue weighted by molar-refractivity contribution is 5.53. The van der Waals surface area contributed by atoms with Crippen LogP contribution in [0, 0.1) is 6.92 Å². The van der Waals surface area contributed by atoms with Gasteiger partial charge in [-0.1, -0.05) is 25.1 Å². The number of hydrogen-bond donors (Lipinski definition) is 2. The molecule has 0 amide bonds. The number of aromatic nitrogens is 5. The molecular formula is C19H20N6O. The van der Waals surface area contributed by atoms with Crippen LogP contribution in [0.25, 0.3) is 11.3 Å². The van der Waals surface area contributed by atoms with Crippen LogP contribution in [-0.4, -0.2) is 29.5 Å². The molecule has 0 aliphatic carbocycles. The third kappa shape index (κ3) is 2.82. The molecule has 1 atom stereocenters. The van der Waals surface area contributed by atoms with Crippen LogP contribution in [-0.2, 0) is 6.42 Å². The normalized spacial score (nSPS) is 12.4. The van der Waals surface area contributed by atoms with Crippen LogP contribution in [0.3, 0.4) is 0 Å². The van der Waals surface area contributed by atoms with Crippen molar-refractivity contribution in [1.29, 1.82) is 0 Å². The second kappa shape index (κ2) is 6.61. The zero-order chi connectivity index (χ0) is 18.1. The van der Waals surface area contributed by atoms with Crippen LogP contribution in [0.4, 0.5) is 5.82 Å². The molecule has 2 N–H and O–H groups in total. The molecule has 132 valence electrons. The molecular weight excluding hydrogens is 328 g/mol. The van der Waals surface area contributed by atoms with Crippen molar-refractivity contribution in [2.45, 2.75) is 26.5 Å². The summed E-state index contributed by atoms with van der Waals surface area (Å²) in [6.07, 6.45) is 5.04. The maximum Gasteiger partial charge on any atom is 0.162 e. The number of rotatable bonds is 5. The Morgan fingerprint density at radius 3 is 2.92 bits per heavy atom. The van der Waals surface area contributed by atoms with Gasteiger partial charge in [-0.25, -0.2) is 14.2 Å². The van der Waals surface area contributed by atoms with Crippen LogP contribution in [0.15, 0.2) is 55.0 Å². The largest absolute Gasteiger partial charge is 0.369 e. The van der Waals surface area contributed by atoms with Gasteiger partial charge in [0.05, 0.1) is 23.1 Å². The van der Waals surface area contributed by atoms with Gasteiger partial charge in [0, 0.05) is 18.5 Å². The molecule has 0 spiro atoms. The van der Waals surface area contributed by atoms with Gasteiger partial charge in [-0.15, -0.1) is 0 Å². The van der Waals surface area contributed by atoms with Crippen molar-refractivity contribution in [1.82, 2.24) is 24.4 Å². The molecule has 4 rings (SSSR count). The predicted octanol–water partition coefficient (Wildman–Crippen LogP) is 2.89.